The van der Waals surface area contributed by atoms with E-state index >= 15 is 0 Å². The number of carbonyl (C=O) groups is 1. The maximum Gasteiger partial charge on any atom is 0.226 e. The van der Waals surface area contributed by atoms with Crippen LogP contribution in [0.25, 0.3) is 0 Å². The lowest BCUT2D eigenvalue weighted by Crippen LogP contribution is -2.52. The van der Waals surface area contributed by atoms with Crippen molar-refractivity contribution < 1.29 is 9.32 Å². The molecule has 10 heteroatoms. The van der Waals surface area contributed by atoms with Crippen molar-refractivity contribution in [2.24, 2.45) is 4.99 Å². The Kier molecular flexibility index (Phi) is 10.6. The molecule has 0 radical (unpaired) electrons. The molecular weight excluding hydrogens is 531 g/mol. The first-order valence-electron chi connectivity index (χ1n) is 10.3. The fourth-order valence-corrected chi connectivity index (χ4v) is 3.57. The van der Waals surface area contributed by atoms with Crippen molar-refractivity contribution >= 4 is 53.1 Å². The van der Waals surface area contributed by atoms with Gasteiger partial charge in [-0.1, -0.05) is 22.8 Å². The van der Waals surface area contributed by atoms with E-state index in [0.717, 1.165) is 56.5 Å². The molecule has 3 rings (SSSR count). The van der Waals surface area contributed by atoms with Gasteiger partial charge in [0, 0.05) is 51.8 Å². The molecule has 0 unspecified atom stereocenters. The number of halogens is 2. The summed E-state index contributed by atoms with van der Waals surface area (Å²) >= 11 is 6.19. The number of benzene rings is 1. The van der Waals surface area contributed by atoms with Crippen LogP contribution in [0.5, 0.6) is 0 Å². The van der Waals surface area contributed by atoms with E-state index in [0.29, 0.717) is 23.7 Å². The number of guanidine groups is 1. The predicted molar refractivity (Wildman–Crippen MR) is 134 cm³/mol. The third kappa shape index (κ3) is 7.97. The number of aliphatic imine (C=N–C) groups is 1. The minimum atomic E-state index is -0.0993. The summed E-state index contributed by atoms with van der Waals surface area (Å²) in [5.41, 5.74) is 2.63. The van der Waals surface area contributed by atoms with E-state index in [9.17, 15) is 4.79 Å². The Balaban J connectivity index is 0.00000341. The van der Waals surface area contributed by atoms with Crippen LogP contribution in [0, 0.1) is 6.92 Å². The van der Waals surface area contributed by atoms with Gasteiger partial charge in [-0.05, 0) is 31.5 Å². The Morgan fingerprint density at radius 1 is 1.26 bits per heavy atom. The number of aromatic nitrogens is 1. The molecule has 31 heavy (non-hydrogen) atoms. The molecule has 1 aromatic carbocycles. The number of carbonyl (C=O) groups excluding carboxylic acids is 1. The number of aryl methyl sites for hydroxylation is 1. The summed E-state index contributed by atoms with van der Waals surface area (Å²) in [4.78, 5) is 21.5. The van der Waals surface area contributed by atoms with Crippen LogP contribution >= 0.6 is 35.6 Å². The Bertz CT molecular complexity index is 854. The quantitative estimate of drug-likeness (QED) is 0.307. The van der Waals surface area contributed by atoms with Crippen LogP contribution in [-0.2, 0) is 11.3 Å². The smallest absolute Gasteiger partial charge is 0.226 e. The van der Waals surface area contributed by atoms with Gasteiger partial charge in [0.2, 0.25) is 5.91 Å². The monoisotopic (exact) mass is 560 g/mol. The minimum absolute atomic E-state index is 0. The predicted octanol–water partition coefficient (Wildman–Crippen LogP) is 3.37. The summed E-state index contributed by atoms with van der Waals surface area (Å²) in [7, 11) is 0. The second-order valence-electron chi connectivity index (χ2n) is 7.27. The lowest BCUT2D eigenvalue weighted by atomic mass is 10.2. The zero-order valence-corrected chi connectivity index (χ0v) is 21.0. The van der Waals surface area contributed by atoms with Gasteiger partial charge in [-0.2, -0.15) is 0 Å². The first-order valence-corrected chi connectivity index (χ1v) is 10.6. The molecule has 0 spiro atoms. The van der Waals surface area contributed by atoms with Gasteiger partial charge in [-0.25, -0.2) is 0 Å². The summed E-state index contributed by atoms with van der Waals surface area (Å²) in [5.74, 6) is 0.748. The number of rotatable bonds is 7. The molecule has 0 atom stereocenters. The highest BCUT2D eigenvalue weighted by atomic mass is 127. The van der Waals surface area contributed by atoms with Gasteiger partial charge < -0.3 is 20.1 Å². The molecule has 0 bridgehead atoms. The highest BCUT2D eigenvalue weighted by molar-refractivity contribution is 14.0. The Labute approximate surface area is 205 Å². The summed E-state index contributed by atoms with van der Waals surface area (Å²) in [6, 6.07) is 7.47. The van der Waals surface area contributed by atoms with Gasteiger partial charge in [-0.15, -0.1) is 24.0 Å². The zero-order chi connectivity index (χ0) is 21.3. The van der Waals surface area contributed by atoms with Crippen molar-refractivity contribution in [1.82, 2.24) is 20.3 Å². The van der Waals surface area contributed by atoms with E-state index in [1.807, 2.05) is 38.1 Å². The number of hydrogen-bond donors (Lipinski definition) is 2. The fourth-order valence-electron chi connectivity index (χ4n) is 3.29. The van der Waals surface area contributed by atoms with E-state index in [1.54, 1.807) is 6.26 Å². The SMILES string of the molecule is CCNC(=NCCC(=O)Nc1ccc(C)cc1Cl)N1CCN(Cc2ccon2)CC1.I. The minimum Gasteiger partial charge on any atom is -0.364 e. The third-order valence-corrected chi connectivity index (χ3v) is 5.20. The van der Waals surface area contributed by atoms with Crippen molar-refractivity contribution in [2.75, 3.05) is 44.6 Å². The molecule has 1 aromatic heterocycles. The lowest BCUT2D eigenvalue weighted by Gasteiger charge is -2.36. The molecule has 2 N–H and O–H groups in total. The normalized spacial score (nSPS) is 14.8. The number of nitrogens with one attached hydrogen (secondary N) is 2. The van der Waals surface area contributed by atoms with Crippen molar-refractivity contribution in [1.29, 1.82) is 0 Å². The van der Waals surface area contributed by atoms with Crippen LogP contribution in [0.4, 0.5) is 5.69 Å². The molecule has 8 nitrogen and oxygen atoms in total. The standard InChI is InChI=1S/C21H29ClN6O2.HI/c1-3-23-21(28-11-9-27(10-12-28)15-17-7-13-30-26-17)24-8-6-20(29)25-19-5-4-16(2)14-18(19)22;/h4-5,7,13-14H,3,6,8-12,15H2,1-2H3,(H,23,24)(H,25,29);1H. The van der Waals surface area contributed by atoms with Gasteiger partial charge >= 0.3 is 0 Å². The van der Waals surface area contributed by atoms with Crippen molar-refractivity contribution in [2.45, 2.75) is 26.8 Å². The van der Waals surface area contributed by atoms with Crippen LogP contribution in [0.2, 0.25) is 5.02 Å². The molecule has 1 aliphatic heterocycles. The maximum absolute atomic E-state index is 12.3. The van der Waals surface area contributed by atoms with Crippen LogP contribution in [0.15, 0.2) is 40.0 Å². The van der Waals surface area contributed by atoms with Crippen molar-refractivity contribution in [3.05, 3.63) is 46.8 Å². The first kappa shape index (κ1) is 25.4. The van der Waals surface area contributed by atoms with E-state index < -0.39 is 0 Å². The molecule has 170 valence electrons. The fraction of sp³-hybridized carbons (Fsp3) is 0.476. The average molecular weight is 561 g/mol. The summed E-state index contributed by atoms with van der Waals surface area (Å²) in [5, 5.41) is 10.7. The Hall–Kier alpha value is -1.85. The van der Waals surface area contributed by atoms with Crippen LogP contribution < -0.4 is 10.6 Å². The number of piperazine rings is 1. The van der Waals surface area contributed by atoms with E-state index in [-0.39, 0.29) is 29.9 Å². The molecule has 1 aliphatic rings. The largest absolute Gasteiger partial charge is 0.364 e. The maximum atomic E-state index is 12.3. The van der Waals surface area contributed by atoms with E-state index in [4.69, 9.17) is 16.1 Å². The van der Waals surface area contributed by atoms with E-state index in [1.165, 1.54) is 0 Å². The highest BCUT2D eigenvalue weighted by Gasteiger charge is 2.20. The summed E-state index contributed by atoms with van der Waals surface area (Å²) < 4.78 is 4.90. The van der Waals surface area contributed by atoms with Gasteiger partial charge in [0.15, 0.2) is 5.96 Å². The van der Waals surface area contributed by atoms with Crippen molar-refractivity contribution in [3.63, 3.8) is 0 Å². The molecule has 0 saturated carbocycles. The van der Waals surface area contributed by atoms with Gasteiger partial charge in [0.05, 0.1) is 22.9 Å². The lowest BCUT2D eigenvalue weighted by molar-refractivity contribution is -0.116. The van der Waals surface area contributed by atoms with Crippen LogP contribution in [0.3, 0.4) is 0 Å². The van der Waals surface area contributed by atoms with Crippen LogP contribution in [0.1, 0.15) is 24.6 Å². The molecule has 2 aromatic rings. The third-order valence-electron chi connectivity index (χ3n) is 4.88. The first-order chi connectivity index (χ1) is 14.5. The topological polar surface area (TPSA) is 86.0 Å². The number of anilines is 1. The highest BCUT2D eigenvalue weighted by Crippen LogP contribution is 2.22. The zero-order valence-electron chi connectivity index (χ0n) is 17.9. The van der Waals surface area contributed by atoms with Gasteiger partial charge in [0.25, 0.3) is 0 Å². The average Bonchev–Trinajstić information content (AvgIpc) is 3.23. The second kappa shape index (κ2) is 12.9. The van der Waals surface area contributed by atoms with Crippen molar-refractivity contribution in [3.8, 4) is 0 Å². The Morgan fingerprint density at radius 2 is 2.03 bits per heavy atom. The van der Waals surface area contributed by atoms with Gasteiger partial charge in [-0.3, -0.25) is 14.7 Å². The van der Waals surface area contributed by atoms with E-state index in [2.05, 4.69) is 30.6 Å². The van der Waals surface area contributed by atoms with Crippen LogP contribution in [-0.4, -0.2) is 66.1 Å². The second-order valence-corrected chi connectivity index (χ2v) is 7.68. The molecule has 2 heterocycles. The molecular formula is C21H30ClIN6O2. The summed E-state index contributed by atoms with van der Waals surface area (Å²) in [6.07, 6.45) is 1.90. The molecule has 1 saturated heterocycles. The number of nitrogens with zero attached hydrogens (tertiary/aromatic N) is 4. The number of hydrogen-bond acceptors (Lipinski definition) is 5. The number of amides is 1. The molecule has 1 amide bonds. The summed E-state index contributed by atoms with van der Waals surface area (Å²) in [6.45, 7) is 9.57. The molecule has 0 aliphatic carbocycles. The van der Waals surface area contributed by atoms with Gasteiger partial charge in [0.1, 0.15) is 6.26 Å². The molecule has 1 fully saturated rings. The Morgan fingerprint density at radius 3 is 2.68 bits per heavy atom.